The van der Waals surface area contributed by atoms with Gasteiger partial charge in [0.1, 0.15) is 17.3 Å². The first-order chi connectivity index (χ1) is 13.8. The zero-order valence-corrected chi connectivity index (χ0v) is 17.8. The van der Waals surface area contributed by atoms with Gasteiger partial charge in [-0.15, -0.1) is 0 Å². The highest BCUT2D eigenvalue weighted by molar-refractivity contribution is 7.80. The molecule has 1 aromatic heterocycles. The highest BCUT2D eigenvalue weighted by Crippen LogP contribution is 2.27. The Morgan fingerprint density at radius 1 is 1.21 bits per heavy atom. The second-order valence-corrected chi connectivity index (χ2v) is 7.05. The molecule has 1 heterocycles. The summed E-state index contributed by atoms with van der Waals surface area (Å²) in [7, 11) is 0. The Balaban J connectivity index is 1.61. The number of hydrogen-bond donors (Lipinski definition) is 3. The summed E-state index contributed by atoms with van der Waals surface area (Å²) in [4.78, 5) is 23.6. The lowest BCUT2D eigenvalue weighted by Gasteiger charge is -2.10. The van der Waals surface area contributed by atoms with E-state index in [1.807, 2.05) is 0 Å². The number of amides is 2. The SMILES string of the molecule is Cc1ccc(/C=C/C(=O)NC(=S)NNC(=O)CCCOc2ccc(Cl)cc2Cl)o1. The van der Waals surface area contributed by atoms with Crippen molar-refractivity contribution in [1.82, 2.24) is 16.2 Å². The summed E-state index contributed by atoms with van der Waals surface area (Å²) in [6.07, 6.45) is 3.42. The quantitative estimate of drug-likeness (QED) is 0.254. The highest BCUT2D eigenvalue weighted by Gasteiger charge is 2.06. The maximum absolute atomic E-state index is 11.8. The Morgan fingerprint density at radius 2 is 2.00 bits per heavy atom. The van der Waals surface area contributed by atoms with Gasteiger partial charge >= 0.3 is 0 Å². The van der Waals surface area contributed by atoms with Crippen molar-refractivity contribution in [1.29, 1.82) is 0 Å². The van der Waals surface area contributed by atoms with Crippen LogP contribution in [0.4, 0.5) is 0 Å². The molecule has 0 unspecified atom stereocenters. The van der Waals surface area contributed by atoms with Gasteiger partial charge in [0, 0.05) is 17.5 Å². The Hall–Kier alpha value is -2.55. The highest BCUT2D eigenvalue weighted by atomic mass is 35.5. The summed E-state index contributed by atoms with van der Waals surface area (Å²) in [5.41, 5.74) is 4.85. The molecule has 10 heteroatoms. The summed E-state index contributed by atoms with van der Waals surface area (Å²) in [5.74, 6) is 1.02. The number of aryl methyl sites for hydroxylation is 1. The van der Waals surface area contributed by atoms with Crippen LogP contribution in [0, 0.1) is 6.92 Å². The molecular weight excluding hydrogens is 437 g/mol. The average molecular weight is 456 g/mol. The molecule has 0 saturated heterocycles. The molecule has 29 heavy (non-hydrogen) atoms. The van der Waals surface area contributed by atoms with Gasteiger partial charge < -0.3 is 9.15 Å². The van der Waals surface area contributed by atoms with Crippen molar-refractivity contribution < 1.29 is 18.7 Å². The van der Waals surface area contributed by atoms with Crippen molar-refractivity contribution in [3.63, 3.8) is 0 Å². The normalized spacial score (nSPS) is 10.6. The monoisotopic (exact) mass is 455 g/mol. The minimum absolute atomic E-state index is 0.0344. The third kappa shape index (κ3) is 8.55. The van der Waals surface area contributed by atoms with Crippen LogP contribution in [-0.2, 0) is 9.59 Å². The van der Waals surface area contributed by atoms with Crippen LogP contribution in [0.3, 0.4) is 0 Å². The van der Waals surface area contributed by atoms with Crippen molar-refractivity contribution in [2.45, 2.75) is 19.8 Å². The van der Waals surface area contributed by atoms with E-state index >= 15 is 0 Å². The molecule has 2 amide bonds. The lowest BCUT2D eigenvalue weighted by molar-refractivity contribution is -0.122. The molecule has 0 bridgehead atoms. The predicted octanol–water partition coefficient (Wildman–Crippen LogP) is 3.79. The van der Waals surface area contributed by atoms with Gasteiger partial charge in [-0.2, -0.15) is 0 Å². The second-order valence-electron chi connectivity index (χ2n) is 5.80. The Labute approximate surface area is 183 Å². The fraction of sp³-hybridized carbons (Fsp3) is 0.211. The molecule has 0 spiro atoms. The first-order valence-electron chi connectivity index (χ1n) is 8.55. The number of hydrazine groups is 1. The Bertz CT molecular complexity index is 915. The van der Waals surface area contributed by atoms with Crippen molar-refractivity contribution in [2.75, 3.05) is 6.61 Å². The van der Waals surface area contributed by atoms with Crippen LogP contribution in [0.15, 0.2) is 40.8 Å². The maximum Gasteiger partial charge on any atom is 0.250 e. The number of carbonyl (C=O) groups excluding carboxylic acids is 2. The summed E-state index contributed by atoms with van der Waals surface area (Å²) in [5, 5.41) is 3.29. The van der Waals surface area contributed by atoms with Crippen LogP contribution < -0.4 is 20.9 Å². The first kappa shape index (κ1) is 22.7. The number of ether oxygens (including phenoxy) is 1. The number of benzene rings is 1. The lowest BCUT2D eigenvalue weighted by Crippen LogP contribution is -2.48. The Morgan fingerprint density at radius 3 is 2.69 bits per heavy atom. The smallest absolute Gasteiger partial charge is 0.250 e. The largest absolute Gasteiger partial charge is 0.492 e. The number of halogens is 2. The van der Waals surface area contributed by atoms with Gasteiger partial charge in [-0.05, 0) is 62.0 Å². The first-order valence-corrected chi connectivity index (χ1v) is 9.72. The van der Waals surface area contributed by atoms with Gasteiger partial charge in [0.15, 0.2) is 5.11 Å². The molecule has 1 aromatic carbocycles. The molecule has 0 radical (unpaired) electrons. The molecule has 0 fully saturated rings. The molecule has 0 aliphatic carbocycles. The van der Waals surface area contributed by atoms with Crippen LogP contribution in [0.25, 0.3) is 6.08 Å². The molecule has 0 aliphatic rings. The second kappa shape index (κ2) is 11.5. The van der Waals surface area contributed by atoms with E-state index in [4.69, 9.17) is 44.6 Å². The van der Waals surface area contributed by atoms with Crippen LogP contribution in [0.1, 0.15) is 24.4 Å². The van der Waals surface area contributed by atoms with Crippen molar-refractivity contribution in [3.05, 3.63) is 58.0 Å². The van der Waals surface area contributed by atoms with E-state index in [1.165, 1.54) is 12.2 Å². The van der Waals surface area contributed by atoms with E-state index in [9.17, 15) is 9.59 Å². The summed E-state index contributed by atoms with van der Waals surface area (Å²) >= 11 is 16.8. The topological polar surface area (TPSA) is 92.6 Å². The summed E-state index contributed by atoms with van der Waals surface area (Å²) < 4.78 is 10.8. The molecule has 2 rings (SSSR count). The molecular formula is C19H19Cl2N3O4S. The van der Waals surface area contributed by atoms with Crippen molar-refractivity contribution in [3.8, 4) is 5.75 Å². The molecule has 7 nitrogen and oxygen atoms in total. The maximum atomic E-state index is 11.8. The van der Waals surface area contributed by atoms with E-state index in [2.05, 4.69) is 16.2 Å². The molecule has 3 N–H and O–H groups in total. The zero-order chi connectivity index (χ0) is 21.2. The zero-order valence-electron chi connectivity index (χ0n) is 15.5. The van der Waals surface area contributed by atoms with Crippen LogP contribution in [-0.4, -0.2) is 23.5 Å². The Kier molecular flexibility index (Phi) is 8.98. The third-order valence-electron chi connectivity index (χ3n) is 3.41. The van der Waals surface area contributed by atoms with Crippen molar-refractivity contribution >= 4 is 58.4 Å². The van der Waals surface area contributed by atoms with Crippen LogP contribution in [0.5, 0.6) is 5.75 Å². The molecule has 0 aliphatic heterocycles. The van der Waals surface area contributed by atoms with Gasteiger partial charge in [0.05, 0.1) is 11.6 Å². The minimum atomic E-state index is -0.459. The van der Waals surface area contributed by atoms with E-state index in [-0.39, 0.29) is 17.4 Å². The van der Waals surface area contributed by atoms with Gasteiger partial charge in [0.2, 0.25) is 11.8 Å². The predicted molar refractivity (Wildman–Crippen MR) is 116 cm³/mol. The third-order valence-corrected chi connectivity index (χ3v) is 4.15. The standard InChI is InChI=1S/C19H19Cl2N3O4S/c1-12-4-6-14(28-12)7-9-17(25)22-19(29)24-23-18(26)3-2-10-27-16-8-5-13(20)11-15(16)21/h4-9,11H,2-3,10H2,1H3,(H,23,26)(H2,22,24,25,29)/b9-7+. The average Bonchev–Trinajstić information content (AvgIpc) is 3.08. The lowest BCUT2D eigenvalue weighted by atomic mass is 10.3. The fourth-order valence-electron chi connectivity index (χ4n) is 2.08. The molecule has 0 saturated carbocycles. The minimum Gasteiger partial charge on any atom is -0.492 e. The van der Waals surface area contributed by atoms with Gasteiger partial charge in [-0.1, -0.05) is 23.2 Å². The van der Waals surface area contributed by atoms with E-state index in [0.29, 0.717) is 34.6 Å². The number of nitrogens with one attached hydrogen (secondary N) is 3. The van der Waals surface area contributed by atoms with Crippen LogP contribution >= 0.6 is 35.4 Å². The molecule has 0 atom stereocenters. The van der Waals surface area contributed by atoms with Gasteiger partial charge in [0.25, 0.3) is 0 Å². The van der Waals surface area contributed by atoms with E-state index < -0.39 is 5.91 Å². The van der Waals surface area contributed by atoms with E-state index in [1.54, 1.807) is 37.3 Å². The molecule has 154 valence electrons. The van der Waals surface area contributed by atoms with Crippen LogP contribution in [0.2, 0.25) is 10.0 Å². The summed E-state index contributed by atoms with van der Waals surface area (Å²) in [6.45, 7) is 2.10. The van der Waals surface area contributed by atoms with E-state index in [0.717, 1.165) is 5.76 Å². The summed E-state index contributed by atoms with van der Waals surface area (Å²) in [6, 6.07) is 8.43. The molecule has 2 aromatic rings. The van der Waals surface area contributed by atoms with Gasteiger partial charge in [-0.3, -0.25) is 25.8 Å². The van der Waals surface area contributed by atoms with Crippen molar-refractivity contribution in [2.24, 2.45) is 0 Å². The number of rotatable bonds is 7. The fourth-order valence-corrected chi connectivity index (χ4v) is 2.70. The number of carbonyl (C=O) groups is 2. The number of thiocarbonyl (C=S) groups is 1. The number of furan rings is 1. The number of hydrogen-bond acceptors (Lipinski definition) is 5. The van der Waals surface area contributed by atoms with Gasteiger partial charge in [-0.25, -0.2) is 0 Å².